The van der Waals surface area contributed by atoms with Gasteiger partial charge in [-0.1, -0.05) is 12.1 Å². The van der Waals surface area contributed by atoms with Gasteiger partial charge in [-0.25, -0.2) is 4.98 Å². The Hall–Kier alpha value is -2.74. The molecule has 2 heterocycles. The summed E-state index contributed by atoms with van der Waals surface area (Å²) in [7, 11) is 0. The zero-order chi connectivity index (χ0) is 17.6. The van der Waals surface area contributed by atoms with E-state index in [9.17, 15) is 10.1 Å². The molecule has 0 amide bonds. The Balaban J connectivity index is 1.71. The number of nitrogens with zero attached hydrogens (tertiary/aromatic N) is 4. The highest BCUT2D eigenvalue weighted by Crippen LogP contribution is 2.29. The van der Waals surface area contributed by atoms with Gasteiger partial charge in [0.1, 0.15) is 5.82 Å². The lowest BCUT2D eigenvalue weighted by atomic mass is 10.1. The van der Waals surface area contributed by atoms with Crippen molar-refractivity contribution in [2.75, 3.05) is 37.2 Å². The molecule has 1 saturated heterocycles. The molecule has 0 saturated carbocycles. The van der Waals surface area contributed by atoms with E-state index in [1.165, 1.54) is 38.1 Å². The van der Waals surface area contributed by atoms with Gasteiger partial charge in [0.25, 0.3) is 5.69 Å². The monoisotopic (exact) mass is 342 g/mol. The predicted molar refractivity (Wildman–Crippen MR) is 97.3 cm³/mol. The molecule has 1 aliphatic heterocycles. The van der Waals surface area contributed by atoms with E-state index in [1.807, 2.05) is 0 Å². The fraction of sp³-hybridized carbons (Fsp3) is 0.412. The molecule has 1 aromatic carbocycles. The molecule has 8 nitrogen and oxygen atoms in total. The Bertz CT molecular complexity index is 746. The Morgan fingerprint density at radius 3 is 2.88 bits per heavy atom. The van der Waals surface area contributed by atoms with Crippen LogP contribution in [0, 0.1) is 10.1 Å². The minimum Gasteiger partial charge on any atom is -0.369 e. The van der Waals surface area contributed by atoms with Gasteiger partial charge in [-0.15, -0.1) is 0 Å². The number of anilines is 2. The zero-order valence-electron chi connectivity index (χ0n) is 14.0. The van der Waals surface area contributed by atoms with Crippen LogP contribution in [0.15, 0.2) is 30.5 Å². The third-order valence-corrected chi connectivity index (χ3v) is 4.32. The Kier molecular flexibility index (Phi) is 5.39. The maximum absolute atomic E-state index is 11.0. The smallest absolute Gasteiger partial charge is 0.270 e. The summed E-state index contributed by atoms with van der Waals surface area (Å²) in [6.07, 6.45) is 5.17. The molecule has 1 aliphatic rings. The van der Waals surface area contributed by atoms with E-state index in [1.54, 1.807) is 18.3 Å². The van der Waals surface area contributed by atoms with Crippen molar-refractivity contribution in [3.63, 3.8) is 0 Å². The van der Waals surface area contributed by atoms with Gasteiger partial charge in [0.05, 0.1) is 4.92 Å². The summed E-state index contributed by atoms with van der Waals surface area (Å²) in [4.78, 5) is 21.3. The van der Waals surface area contributed by atoms with Crippen LogP contribution in [0.25, 0.3) is 11.1 Å². The first-order chi connectivity index (χ1) is 12.1. The molecule has 0 spiro atoms. The molecule has 25 heavy (non-hydrogen) atoms. The molecule has 1 aromatic heterocycles. The van der Waals surface area contributed by atoms with Gasteiger partial charge >= 0.3 is 0 Å². The molecular formula is C17H22N6O2. The number of rotatable bonds is 7. The molecule has 3 N–H and O–H groups in total. The molecule has 8 heteroatoms. The van der Waals surface area contributed by atoms with Gasteiger partial charge in [-0.05, 0) is 44.5 Å². The molecule has 1 fully saturated rings. The van der Waals surface area contributed by atoms with E-state index >= 15 is 0 Å². The van der Waals surface area contributed by atoms with Gasteiger partial charge in [-0.3, -0.25) is 10.1 Å². The molecule has 132 valence electrons. The van der Waals surface area contributed by atoms with Crippen molar-refractivity contribution in [3.05, 3.63) is 40.6 Å². The highest BCUT2D eigenvalue weighted by molar-refractivity contribution is 5.76. The van der Waals surface area contributed by atoms with Crippen LogP contribution in [0.5, 0.6) is 0 Å². The summed E-state index contributed by atoms with van der Waals surface area (Å²) < 4.78 is 0. The van der Waals surface area contributed by atoms with E-state index < -0.39 is 4.92 Å². The van der Waals surface area contributed by atoms with E-state index in [4.69, 9.17) is 5.73 Å². The van der Waals surface area contributed by atoms with Crippen molar-refractivity contribution in [2.24, 2.45) is 0 Å². The highest BCUT2D eigenvalue weighted by atomic mass is 16.6. The second-order valence-electron chi connectivity index (χ2n) is 6.13. The van der Waals surface area contributed by atoms with Crippen molar-refractivity contribution < 1.29 is 4.92 Å². The lowest BCUT2D eigenvalue weighted by molar-refractivity contribution is -0.384. The second kappa shape index (κ2) is 7.89. The molecular weight excluding hydrogens is 320 g/mol. The van der Waals surface area contributed by atoms with Crippen LogP contribution in [0.4, 0.5) is 17.5 Å². The lowest BCUT2D eigenvalue weighted by Crippen LogP contribution is -2.22. The topological polar surface area (TPSA) is 110 Å². The molecule has 0 bridgehead atoms. The Morgan fingerprint density at radius 1 is 1.32 bits per heavy atom. The normalized spacial score (nSPS) is 14.6. The fourth-order valence-electron chi connectivity index (χ4n) is 3.04. The van der Waals surface area contributed by atoms with Crippen LogP contribution in [0.1, 0.15) is 19.3 Å². The van der Waals surface area contributed by atoms with E-state index in [-0.39, 0.29) is 11.6 Å². The molecule has 0 aliphatic carbocycles. The van der Waals surface area contributed by atoms with Gasteiger partial charge in [0.15, 0.2) is 0 Å². The van der Waals surface area contributed by atoms with Gasteiger partial charge < -0.3 is 16.0 Å². The van der Waals surface area contributed by atoms with Crippen LogP contribution < -0.4 is 11.1 Å². The highest BCUT2D eigenvalue weighted by Gasteiger charge is 2.13. The van der Waals surface area contributed by atoms with Gasteiger partial charge in [-0.2, -0.15) is 4.98 Å². The van der Waals surface area contributed by atoms with Crippen LogP contribution in [-0.2, 0) is 0 Å². The standard InChI is InChI=1S/C17H22N6O2/c18-17-20-12-15(13-5-3-6-14(11-13)23(24)25)16(21-17)19-7-4-10-22-8-1-2-9-22/h3,5-6,11-12H,1-2,4,7-10H2,(H3,18,19,20,21). The third-order valence-electron chi connectivity index (χ3n) is 4.32. The number of aromatic nitrogens is 2. The summed E-state index contributed by atoms with van der Waals surface area (Å²) in [5, 5.41) is 14.3. The lowest BCUT2D eigenvalue weighted by Gasteiger charge is -2.15. The minimum atomic E-state index is -0.412. The first-order valence-corrected chi connectivity index (χ1v) is 8.47. The van der Waals surface area contributed by atoms with Crippen molar-refractivity contribution >= 4 is 17.5 Å². The van der Waals surface area contributed by atoms with Crippen molar-refractivity contribution in [1.82, 2.24) is 14.9 Å². The number of benzene rings is 1. The quantitative estimate of drug-likeness (QED) is 0.452. The summed E-state index contributed by atoms with van der Waals surface area (Å²) in [6.45, 7) is 4.17. The number of nitrogens with two attached hydrogens (primary N) is 1. The zero-order valence-corrected chi connectivity index (χ0v) is 14.0. The van der Waals surface area contributed by atoms with Crippen LogP contribution in [0.2, 0.25) is 0 Å². The molecule has 3 rings (SSSR count). The maximum Gasteiger partial charge on any atom is 0.270 e. The van der Waals surface area contributed by atoms with Gasteiger partial charge in [0, 0.05) is 30.4 Å². The third kappa shape index (κ3) is 4.42. The van der Waals surface area contributed by atoms with Gasteiger partial charge in [0.2, 0.25) is 5.95 Å². The van der Waals surface area contributed by atoms with Crippen molar-refractivity contribution in [2.45, 2.75) is 19.3 Å². The number of non-ortho nitro benzene ring substituents is 1. The first kappa shape index (κ1) is 17.1. The summed E-state index contributed by atoms with van der Waals surface area (Å²) in [5.74, 6) is 0.783. The van der Waals surface area contributed by atoms with Crippen LogP contribution in [0.3, 0.4) is 0 Å². The molecule has 0 radical (unpaired) electrons. The Labute approximate surface area is 146 Å². The average Bonchev–Trinajstić information content (AvgIpc) is 3.12. The molecule has 0 atom stereocenters. The second-order valence-corrected chi connectivity index (χ2v) is 6.13. The summed E-state index contributed by atoms with van der Waals surface area (Å²) >= 11 is 0. The number of hydrogen-bond acceptors (Lipinski definition) is 7. The molecule has 0 unspecified atom stereocenters. The fourth-order valence-corrected chi connectivity index (χ4v) is 3.04. The van der Waals surface area contributed by atoms with Crippen LogP contribution in [-0.4, -0.2) is 46.0 Å². The van der Waals surface area contributed by atoms with E-state index in [0.29, 0.717) is 16.9 Å². The van der Waals surface area contributed by atoms with Crippen molar-refractivity contribution in [1.29, 1.82) is 0 Å². The number of likely N-dealkylation sites (tertiary alicyclic amines) is 1. The van der Waals surface area contributed by atoms with E-state index in [2.05, 4.69) is 20.2 Å². The largest absolute Gasteiger partial charge is 0.369 e. The van der Waals surface area contributed by atoms with Crippen molar-refractivity contribution in [3.8, 4) is 11.1 Å². The van der Waals surface area contributed by atoms with Crippen LogP contribution >= 0.6 is 0 Å². The maximum atomic E-state index is 11.0. The first-order valence-electron chi connectivity index (χ1n) is 8.47. The van der Waals surface area contributed by atoms with E-state index in [0.717, 1.165) is 19.5 Å². The summed E-state index contributed by atoms with van der Waals surface area (Å²) in [5.41, 5.74) is 7.14. The number of nitrogen functional groups attached to an aromatic ring is 1. The minimum absolute atomic E-state index is 0.0364. The number of hydrogen-bond donors (Lipinski definition) is 2. The molecule has 2 aromatic rings. The Morgan fingerprint density at radius 2 is 2.12 bits per heavy atom. The average molecular weight is 342 g/mol. The predicted octanol–water partition coefficient (Wildman–Crippen LogP) is 2.53. The SMILES string of the molecule is Nc1ncc(-c2cccc([N+](=O)[O-])c2)c(NCCCN2CCCC2)n1. The number of nitro benzene ring substituents is 1. The summed E-state index contributed by atoms with van der Waals surface area (Å²) in [6, 6.07) is 6.44. The number of nitrogens with one attached hydrogen (secondary N) is 1. The number of nitro groups is 1.